The number of nitroso groups, excluding NO2 is 1. The maximum atomic E-state index is 12.2. The summed E-state index contributed by atoms with van der Waals surface area (Å²) in [4.78, 5) is 23.1. The van der Waals surface area contributed by atoms with Crippen molar-refractivity contribution in [3.05, 3.63) is 68.0 Å². The molecule has 0 unspecified atom stereocenters. The summed E-state index contributed by atoms with van der Waals surface area (Å²) in [6.45, 7) is 3.09. The molecule has 0 atom stereocenters. The molecule has 0 aliphatic rings. The first-order valence-electron chi connectivity index (χ1n) is 6.19. The van der Waals surface area contributed by atoms with E-state index in [1.165, 1.54) is 13.1 Å². The lowest BCUT2D eigenvalue weighted by Crippen LogP contribution is -2.23. The molecule has 1 aromatic heterocycles. The number of pyridine rings is 1. The lowest BCUT2D eigenvalue weighted by molar-refractivity contribution is 0.787. The van der Waals surface area contributed by atoms with Crippen LogP contribution in [0.2, 0.25) is 0 Å². The number of hydrogen-bond acceptors (Lipinski definition) is 5. The lowest BCUT2D eigenvalue weighted by atomic mass is 10.1. The van der Waals surface area contributed by atoms with Crippen LogP contribution in [0.5, 0.6) is 0 Å². The molecule has 1 heterocycles. The van der Waals surface area contributed by atoms with Crippen LogP contribution in [0.25, 0.3) is 0 Å². The van der Waals surface area contributed by atoms with Gasteiger partial charge in [0.2, 0.25) is 0 Å². The Hall–Kier alpha value is -3.07. The van der Waals surface area contributed by atoms with Gasteiger partial charge in [-0.3, -0.25) is 4.79 Å². The van der Waals surface area contributed by atoms with E-state index in [9.17, 15) is 9.70 Å². The van der Waals surface area contributed by atoms with Gasteiger partial charge in [-0.15, -0.1) is 4.91 Å². The van der Waals surface area contributed by atoms with Crippen LogP contribution in [-0.4, -0.2) is 10.9 Å². The van der Waals surface area contributed by atoms with Crippen LogP contribution in [0.3, 0.4) is 0 Å². The van der Waals surface area contributed by atoms with Crippen LogP contribution in [0.4, 0.5) is 5.69 Å². The average Bonchev–Trinajstić information content (AvgIpc) is 2.49. The fraction of sp³-hybridized carbons (Fsp3) is 0.133. The van der Waals surface area contributed by atoms with Crippen molar-refractivity contribution in [1.29, 1.82) is 5.26 Å². The topological polar surface area (TPSA) is 87.6 Å². The first-order valence-corrected chi connectivity index (χ1v) is 6.19. The van der Waals surface area contributed by atoms with Crippen molar-refractivity contribution >= 4 is 11.9 Å². The predicted molar refractivity (Wildman–Crippen MR) is 79.8 cm³/mol. The predicted octanol–water partition coefficient (Wildman–Crippen LogP) is 2.62. The Bertz CT molecular complexity index is 814. The van der Waals surface area contributed by atoms with E-state index in [4.69, 9.17) is 5.26 Å². The van der Waals surface area contributed by atoms with Crippen molar-refractivity contribution in [2.75, 3.05) is 0 Å². The number of benzene rings is 1. The second-order valence-electron chi connectivity index (χ2n) is 4.41. The van der Waals surface area contributed by atoms with E-state index < -0.39 is 5.56 Å². The molecule has 2 aromatic rings. The third kappa shape index (κ3) is 2.62. The van der Waals surface area contributed by atoms with Crippen LogP contribution in [0, 0.1) is 30.1 Å². The van der Waals surface area contributed by atoms with Gasteiger partial charge in [-0.25, -0.2) is 0 Å². The van der Waals surface area contributed by atoms with E-state index in [0.29, 0.717) is 5.69 Å². The number of hydrogen-bond donors (Lipinski definition) is 0. The summed E-state index contributed by atoms with van der Waals surface area (Å²) in [7, 11) is 0. The van der Waals surface area contributed by atoms with Crippen molar-refractivity contribution < 1.29 is 0 Å². The largest absolute Gasteiger partial charge is 0.289 e. The standard InChI is InChI=1S/C15H12N4O2/c1-10-13(8-16)15(20)19(11(2)14(10)18-21)17-9-12-6-4-3-5-7-12/h3-7,9H,1-2H3/b17-9+. The van der Waals surface area contributed by atoms with Gasteiger partial charge in [0.25, 0.3) is 5.56 Å². The number of nitrogens with zero attached hydrogens (tertiary/aromatic N) is 4. The fourth-order valence-corrected chi connectivity index (χ4v) is 1.98. The molecule has 6 heteroatoms. The Labute approximate surface area is 120 Å². The molecule has 21 heavy (non-hydrogen) atoms. The van der Waals surface area contributed by atoms with Gasteiger partial charge in [-0.05, 0) is 24.6 Å². The highest BCUT2D eigenvalue weighted by atomic mass is 16.3. The summed E-state index contributed by atoms with van der Waals surface area (Å²) in [5.74, 6) is 0. The van der Waals surface area contributed by atoms with Gasteiger partial charge in [-0.1, -0.05) is 30.3 Å². The minimum Gasteiger partial charge on any atom is -0.266 e. The maximum absolute atomic E-state index is 12.2. The zero-order valence-electron chi connectivity index (χ0n) is 11.6. The molecule has 6 nitrogen and oxygen atoms in total. The van der Waals surface area contributed by atoms with Crippen LogP contribution in [0.15, 0.2) is 45.4 Å². The van der Waals surface area contributed by atoms with Crippen LogP contribution in [0.1, 0.15) is 22.4 Å². The normalized spacial score (nSPS) is 10.5. The monoisotopic (exact) mass is 280 g/mol. The van der Waals surface area contributed by atoms with E-state index in [1.54, 1.807) is 13.0 Å². The van der Waals surface area contributed by atoms with Gasteiger partial charge in [0, 0.05) is 5.56 Å². The summed E-state index contributed by atoms with van der Waals surface area (Å²) in [6, 6.07) is 11.0. The van der Waals surface area contributed by atoms with Gasteiger partial charge in [0.05, 0.1) is 11.9 Å². The first-order chi connectivity index (χ1) is 10.1. The number of nitriles is 1. The molecule has 0 radical (unpaired) electrons. The van der Waals surface area contributed by atoms with Crippen LogP contribution >= 0.6 is 0 Å². The van der Waals surface area contributed by atoms with Crippen molar-refractivity contribution in [2.24, 2.45) is 10.3 Å². The van der Waals surface area contributed by atoms with Crippen LogP contribution in [-0.2, 0) is 0 Å². The quantitative estimate of drug-likeness (QED) is 0.639. The zero-order chi connectivity index (χ0) is 15.4. The summed E-state index contributed by atoms with van der Waals surface area (Å²) in [6.07, 6.45) is 1.49. The number of aromatic nitrogens is 1. The maximum Gasteiger partial charge on any atom is 0.289 e. The highest BCUT2D eigenvalue weighted by Crippen LogP contribution is 2.23. The lowest BCUT2D eigenvalue weighted by Gasteiger charge is -2.09. The van der Waals surface area contributed by atoms with E-state index in [0.717, 1.165) is 10.2 Å². The fourth-order valence-electron chi connectivity index (χ4n) is 1.98. The summed E-state index contributed by atoms with van der Waals surface area (Å²) in [5, 5.41) is 16.0. The molecular weight excluding hydrogens is 268 g/mol. The average molecular weight is 280 g/mol. The van der Waals surface area contributed by atoms with Crippen molar-refractivity contribution in [3.63, 3.8) is 0 Å². The molecule has 0 bridgehead atoms. The molecule has 1 aromatic carbocycles. The summed E-state index contributed by atoms with van der Waals surface area (Å²) < 4.78 is 1.02. The zero-order valence-corrected chi connectivity index (χ0v) is 11.6. The molecule has 0 aliphatic carbocycles. The minimum atomic E-state index is -0.563. The molecule has 0 saturated heterocycles. The van der Waals surface area contributed by atoms with Crippen molar-refractivity contribution in [2.45, 2.75) is 13.8 Å². The van der Waals surface area contributed by atoms with Gasteiger partial charge < -0.3 is 0 Å². The molecule has 0 fully saturated rings. The molecule has 0 spiro atoms. The van der Waals surface area contributed by atoms with Crippen molar-refractivity contribution in [3.8, 4) is 6.07 Å². The van der Waals surface area contributed by atoms with E-state index >= 15 is 0 Å². The van der Waals surface area contributed by atoms with Gasteiger partial charge in [0.1, 0.15) is 17.3 Å². The van der Waals surface area contributed by atoms with Gasteiger partial charge in [0.15, 0.2) is 0 Å². The highest BCUT2D eigenvalue weighted by Gasteiger charge is 2.17. The Kier molecular flexibility index (Phi) is 4.05. The Morgan fingerprint density at radius 3 is 2.48 bits per heavy atom. The second-order valence-corrected chi connectivity index (χ2v) is 4.41. The van der Waals surface area contributed by atoms with E-state index in [1.807, 2.05) is 30.3 Å². The molecule has 0 saturated carbocycles. The molecule has 0 N–H and O–H groups in total. The Morgan fingerprint density at radius 1 is 1.24 bits per heavy atom. The van der Waals surface area contributed by atoms with E-state index in [-0.39, 0.29) is 16.8 Å². The smallest absolute Gasteiger partial charge is 0.266 e. The molecule has 2 rings (SSSR count). The summed E-state index contributed by atoms with van der Waals surface area (Å²) in [5.41, 5.74) is 0.757. The van der Waals surface area contributed by atoms with Crippen molar-refractivity contribution in [1.82, 2.24) is 4.68 Å². The molecule has 104 valence electrons. The molecule has 0 aliphatic heterocycles. The highest BCUT2D eigenvalue weighted by molar-refractivity contribution is 5.79. The SMILES string of the molecule is Cc1c(N=O)c(C)n(/N=C/c2ccccc2)c(=O)c1C#N. The first kappa shape index (κ1) is 14.3. The number of rotatable bonds is 3. The van der Waals surface area contributed by atoms with Crippen LogP contribution < -0.4 is 5.56 Å². The Morgan fingerprint density at radius 2 is 1.90 bits per heavy atom. The molecular formula is C15H12N4O2. The van der Waals surface area contributed by atoms with Gasteiger partial charge >= 0.3 is 0 Å². The Balaban J connectivity index is 2.65. The molecule has 0 amide bonds. The second kappa shape index (κ2) is 5.92. The third-order valence-corrected chi connectivity index (χ3v) is 3.12. The third-order valence-electron chi connectivity index (χ3n) is 3.12. The summed E-state index contributed by atoms with van der Waals surface area (Å²) >= 11 is 0. The minimum absolute atomic E-state index is 0.0661. The van der Waals surface area contributed by atoms with Gasteiger partial charge in [-0.2, -0.15) is 15.0 Å². The van der Waals surface area contributed by atoms with E-state index in [2.05, 4.69) is 10.3 Å².